The number of phosphoric ester groups is 1. The minimum absolute atomic E-state index is 0.113. The number of ether oxygens (including phenoxy) is 1. The van der Waals surface area contributed by atoms with Crippen molar-refractivity contribution in [2.24, 2.45) is 5.73 Å². The normalized spacial score (nSPS) is 29.5. The molecule has 2 saturated heterocycles. The Morgan fingerprint density at radius 3 is 2.71 bits per heavy atom. The van der Waals surface area contributed by atoms with E-state index in [2.05, 4.69) is 24.8 Å². The van der Waals surface area contributed by atoms with Crippen molar-refractivity contribution in [3.05, 3.63) is 12.7 Å². The Labute approximate surface area is 175 Å². The molecule has 2 aromatic heterocycles. The van der Waals surface area contributed by atoms with Crippen molar-refractivity contribution in [2.45, 2.75) is 24.5 Å². The van der Waals surface area contributed by atoms with Crippen molar-refractivity contribution in [3.8, 4) is 0 Å². The highest BCUT2D eigenvalue weighted by Crippen LogP contribution is 2.52. The zero-order chi connectivity index (χ0) is 22.9. The first kappa shape index (κ1) is 22.8. The van der Waals surface area contributed by atoms with Gasteiger partial charge in [0.2, 0.25) is 0 Å². The van der Waals surface area contributed by atoms with Gasteiger partial charge in [0.1, 0.15) is 30.2 Å². The summed E-state index contributed by atoms with van der Waals surface area (Å²) in [5.41, 5.74) is 11.4. The summed E-state index contributed by atoms with van der Waals surface area (Å²) in [5.74, 6) is 0.101. The third-order valence-electron chi connectivity index (χ3n) is 4.33. The molecule has 4 rings (SSSR count). The highest BCUT2D eigenvalue weighted by molar-refractivity contribution is 7.47. The predicted molar refractivity (Wildman–Crippen MR) is 107 cm³/mol. The van der Waals surface area contributed by atoms with Crippen LogP contribution in [-0.2, 0) is 18.3 Å². The van der Waals surface area contributed by atoms with Crippen LogP contribution < -0.4 is 16.8 Å². The van der Waals surface area contributed by atoms with E-state index in [1.54, 1.807) is 14.1 Å². The molecule has 0 bridgehead atoms. The van der Waals surface area contributed by atoms with Crippen molar-refractivity contribution in [3.63, 3.8) is 0 Å². The molecule has 170 valence electrons. The molecule has 2 aromatic rings. The highest BCUT2D eigenvalue weighted by atomic mass is 31.2. The number of fused-ring (bicyclic) bond motifs is 2. The van der Waals surface area contributed by atoms with Gasteiger partial charge in [0.05, 0.1) is 12.9 Å². The van der Waals surface area contributed by atoms with E-state index in [9.17, 15) is 14.6 Å². The number of phosphoric acid groups is 1. The maximum atomic E-state index is 11.5. The first-order chi connectivity index (χ1) is 14.5. The minimum Gasteiger partial charge on any atom is -0.386 e. The molecule has 31 heavy (non-hydrogen) atoms. The fourth-order valence-electron chi connectivity index (χ4n) is 2.86. The molecule has 4 heterocycles. The third kappa shape index (κ3) is 4.90. The molecule has 2 aliphatic heterocycles. The molecule has 0 saturated carbocycles. The van der Waals surface area contributed by atoms with E-state index in [4.69, 9.17) is 31.5 Å². The van der Waals surface area contributed by atoms with Gasteiger partial charge in [0.15, 0.2) is 29.6 Å². The zero-order valence-electron chi connectivity index (χ0n) is 16.5. The van der Waals surface area contributed by atoms with E-state index in [-0.39, 0.29) is 24.3 Å². The largest absolute Gasteiger partial charge is 0.472 e. The van der Waals surface area contributed by atoms with Crippen molar-refractivity contribution >= 4 is 36.7 Å². The molecule has 2 fully saturated rings. The van der Waals surface area contributed by atoms with Crippen LogP contribution in [0.2, 0.25) is 0 Å². The van der Waals surface area contributed by atoms with Gasteiger partial charge in [-0.15, -0.1) is 0 Å². The first-order valence-electron chi connectivity index (χ1n) is 8.79. The summed E-state index contributed by atoms with van der Waals surface area (Å²) in [7, 11) is -0.778. The van der Waals surface area contributed by atoms with Crippen molar-refractivity contribution in [2.75, 3.05) is 26.4 Å². The summed E-state index contributed by atoms with van der Waals surface area (Å²) >= 11 is 0. The molecule has 16 nitrogen and oxygen atoms in total. The van der Waals surface area contributed by atoms with Gasteiger partial charge in [-0.2, -0.15) is 0 Å². The fraction of sp³-hybridized carbons (Fsp3) is 0.500. The molecule has 17 heteroatoms. The van der Waals surface area contributed by atoms with Crippen molar-refractivity contribution < 1.29 is 28.3 Å². The zero-order valence-corrected chi connectivity index (χ0v) is 17.4. The van der Waals surface area contributed by atoms with E-state index in [1.165, 1.54) is 22.1 Å². The molecule has 5 atom stereocenters. The van der Waals surface area contributed by atoms with E-state index in [1.807, 2.05) is 0 Å². The molecular formula is C14H23N10O6P. The Kier molecular flexibility index (Phi) is 6.40. The number of nitrogens with zero attached hydrogens (tertiary/aromatic N) is 5. The van der Waals surface area contributed by atoms with E-state index in [0.29, 0.717) is 11.2 Å². The topological polar surface area (TPSA) is 244 Å². The molecule has 1 unspecified atom stereocenters. The van der Waals surface area contributed by atoms with Gasteiger partial charge in [-0.3, -0.25) is 29.7 Å². The van der Waals surface area contributed by atoms with E-state index < -0.39 is 32.4 Å². The number of nitrogens with two attached hydrogens (primary N) is 2. The molecule has 0 radical (unpaired) electrons. The fourth-order valence-corrected chi connectivity index (χ4v) is 3.83. The smallest absolute Gasteiger partial charge is 0.386 e. The number of rotatable bonds is 1. The van der Waals surface area contributed by atoms with Gasteiger partial charge in [0, 0.05) is 14.1 Å². The predicted octanol–water partition coefficient (Wildman–Crippen LogP) is -1.85. The number of aliphatic hydroxyl groups is 1. The van der Waals surface area contributed by atoms with Gasteiger partial charge in [-0.25, -0.2) is 19.5 Å². The van der Waals surface area contributed by atoms with Crippen LogP contribution >= 0.6 is 7.82 Å². The van der Waals surface area contributed by atoms with Gasteiger partial charge < -0.3 is 31.1 Å². The van der Waals surface area contributed by atoms with Crippen LogP contribution in [0.25, 0.3) is 11.2 Å². The number of hydrogen-bond donors (Lipinski definition) is 7. The number of aliphatic hydroxyl groups excluding tert-OH is 1. The lowest BCUT2D eigenvalue weighted by atomic mass is 10.1. The average molecular weight is 458 g/mol. The highest BCUT2D eigenvalue weighted by Gasteiger charge is 2.52. The number of nitrogens with one attached hydrogen (secondary N) is 3. The van der Waals surface area contributed by atoms with Crippen molar-refractivity contribution in [1.82, 2.24) is 29.7 Å². The number of hydrogen-bond acceptors (Lipinski definition) is 11. The Morgan fingerprint density at radius 1 is 1.39 bits per heavy atom. The SMILES string of the molecule is CN(C)C(=N)NC(=N)N.Nc1ncnc2c1ncn2[C@@H]1O[C@@H]2COP(=O)(O)O[C@H]2[C@H]1O. The Morgan fingerprint density at radius 2 is 2.10 bits per heavy atom. The molecule has 0 aliphatic carbocycles. The summed E-state index contributed by atoms with van der Waals surface area (Å²) in [6, 6.07) is 0. The summed E-state index contributed by atoms with van der Waals surface area (Å²) in [5, 5.41) is 26.5. The molecule has 0 amide bonds. The Bertz CT molecular complexity index is 1030. The van der Waals surface area contributed by atoms with Gasteiger partial charge >= 0.3 is 7.82 Å². The monoisotopic (exact) mass is 458 g/mol. The van der Waals surface area contributed by atoms with Crippen LogP contribution in [0, 0.1) is 10.8 Å². The molecular weight excluding hydrogens is 435 g/mol. The Hall–Kier alpha value is -2.88. The number of guanidine groups is 2. The van der Waals surface area contributed by atoms with Gasteiger partial charge in [0.25, 0.3) is 0 Å². The number of nitrogen functional groups attached to an aromatic ring is 1. The summed E-state index contributed by atoms with van der Waals surface area (Å²) in [6.07, 6.45) is -1.07. The lowest BCUT2D eigenvalue weighted by molar-refractivity contribution is -0.0664. The standard InChI is InChI=1S/C10H12N5O6P.C4H11N5/c11-8-5-9(13-2-12-8)15(3-14-5)10-6(16)7-4(20-10)1-19-22(17,18)21-7;1-9(2)4(7)8-3(5)6/h2-4,6-7,10,16H,1H2,(H,17,18)(H2,11,12,13);1-2H3,(H5,5,6,7,8)/t4-,6-,7-,10-;/m1./s1. The van der Waals surface area contributed by atoms with Gasteiger partial charge in [-0.1, -0.05) is 0 Å². The first-order valence-corrected chi connectivity index (χ1v) is 10.3. The van der Waals surface area contributed by atoms with E-state index in [0.717, 1.165) is 0 Å². The lowest BCUT2D eigenvalue weighted by Gasteiger charge is -2.27. The molecule has 0 spiro atoms. The second-order valence-corrected chi connectivity index (χ2v) is 8.16. The number of anilines is 1. The second kappa shape index (κ2) is 8.70. The molecule has 9 N–H and O–H groups in total. The maximum Gasteiger partial charge on any atom is 0.472 e. The molecule has 0 aromatic carbocycles. The quantitative estimate of drug-likeness (QED) is 0.141. The van der Waals surface area contributed by atoms with Crippen LogP contribution in [-0.4, -0.2) is 85.4 Å². The third-order valence-corrected chi connectivity index (χ3v) is 5.31. The van der Waals surface area contributed by atoms with Crippen LogP contribution in [0.3, 0.4) is 0 Å². The van der Waals surface area contributed by atoms with E-state index >= 15 is 0 Å². The number of imidazole rings is 1. The van der Waals surface area contributed by atoms with Crippen LogP contribution in [0.5, 0.6) is 0 Å². The van der Waals surface area contributed by atoms with Crippen molar-refractivity contribution in [1.29, 1.82) is 10.8 Å². The van der Waals surface area contributed by atoms with Crippen LogP contribution in [0.1, 0.15) is 6.23 Å². The molecule has 2 aliphatic rings. The Balaban J connectivity index is 0.000000259. The van der Waals surface area contributed by atoms with Crippen LogP contribution in [0.15, 0.2) is 12.7 Å². The second-order valence-electron chi connectivity index (χ2n) is 6.75. The van der Waals surface area contributed by atoms with Crippen LogP contribution in [0.4, 0.5) is 5.82 Å². The maximum absolute atomic E-state index is 11.5. The lowest BCUT2D eigenvalue weighted by Crippen LogP contribution is -2.42. The minimum atomic E-state index is -4.16. The van der Waals surface area contributed by atoms with Gasteiger partial charge in [-0.05, 0) is 0 Å². The summed E-state index contributed by atoms with van der Waals surface area (Å²) in [6.45, 7) is -0.157. The number of aromatic nitrogens is 4. The summed E-state index contributed by atoms with van der Waals surface area (Å²) in [4.78, 5) is 22.9. The average Bonchev–Trinajstić information content (AvgIpc) is 3.23. The summed E-state index contributed by atoms with van der Waals surface area (Å²) < 4.78 is 28.2.